The maximum absolute atomic E-state index is 13.2. The van der Waals surface area contributed by atoms with Crippen molar-refractivity contribution >= 4 is 23.2 Å². The van der Waals surface area contributed by atoms with E-state index in [-0.39, 0.29) is 17.6 Å². The van der Waals surface area contributed by atoms with Crippen molar-refractivity contribution in [3.05, 3.63) is 54.3 Å². The molecule has 1 unspecified atom stereocenters. The topological polar surface area (TPSA) is 67.4 Å². The van der Waals surface area contributed by atoms with Crippen LogP contribution in [0, 0.1) is 5.82 Å². The number of carbonyl (C=O) groups excluding carboxylic acids is 2. The zero-order chi connectivity index (χ0) is 18.2. The second kappa shape index (κ2) is 8.82. The largest absolute Gasteiger partial charge is 0.481 e. The number of nitrogens with one attached hydrogen (secondary N) is 2. The van der Waals surface area contributed by atoms with E-state index in [4.69, 9.17) is 4.74 Å². The van der Waals surface area contributed by atoms with Gasteiger partial charge >= 0.3 is 0 Å². The molecule has 1 atom stereocenters. The van der Waals surface area contributed by atoms with Gasteiger partial charge in [0.05, 0.1) is 0 Å². The van der Waals surface area contributed by atoms with Crippen LogP contribution in [0.2, 0.25) is 0 Å². The minimum absolute atomic E-state index is 0.0752. The Kier molecular flexibility index (Phi) is 6.51. The quantitative estimate of drug-likeness (QED) is 0.798. The van der Waals surface area contributed by atoms with Crippen molar-refractivity contribution in [1.82, 2.24) is 0 Å². The first-order valence-electron chi connectivity index (χ1n) is 8.11. The van der Waals surface area contributed by atoms with Gasteiger partial charge in [0.25, 0.3) is 5.91 Å². The number of benzene rings is 2. The second-order valence-electron chi connectivity index (χ2n) is 5.59. The van der Waals surface area contributed by atoms with Crippen LogP contribution in [0.4, 0.5) is 15.8 Å². The maximum Gasteiger partial charge on any atom is 0.265 e. The van der Waals surface area contributed by atoms with Crippen molar-refractivity contribution in [2.45, 2.75) is 32.8 Å². The van der Waals surface area contributed by atoms with Gasteiger partial charge in [-0.3, -0.25) is 9.59 Å². The molecule has 0 aliphatic rings. The van der Waals surface area contributed by atoms with E-state index < -0.39 is 11.9 Å². The Balaban J connectivity index is 1.96. The SMILES string of the molecule is CCCC(=O)Nc1cccc(NC(=O)C(C)Oc2cccc(F)c2)c1. The Hall–Kier alpha value is -2.89. The summed E-state index contributed by atoms with van der Waals surface area (Å²) in [6.07, 6.45) is 0.395. The molecule has 0 aliphatic carbocycles. The third-order valence-corrected chi connectivity index (χ3v) is 3.37. The molecular weight excluding hydrogens is 323 g/mol. The highest BCUT2D eigenvalue weighted by molar-refractivity contribution is 5.96. The van der Waals surface area contributed by atoms with Gasteiger partial charge in [0.15, 0.2) is 6.10 Å². The van der Waals surface area contributed by atoms with Gasteiger partial charge in [0, 0.05) is 23.9 Å². The molecule has 2 N–H and O–H groups in total. The molecule has 0 bridgehead atoms. The molecule has 2 aromatic carbocycles. The van der Waals surface area contributed by atoms with Crippen molar-refractivity contribution in [2.24, 2.45) is 0 Å². The number of halogens is 1. The number of hydrogen-bond acceptors (Lipinski definition) is 3. The Morgan fingerprint density at radius 3 is 2.44 bits per heavy atom. The van der Waals surface area contributed by atoms with Crippen LogP contribution in [0.15, 0.2) is 48.5 Å². The third-order valence-electron chi connectivity index (χ3n) is 3.37. The summed E-state index contributed by atoms with van der Waals surface area (Å²) in [5.74, 6) is -0.598. The minimum atomic E-state index is -0.805. The fourth-order valence-corrected chi connectivity index (χ4v) is 2.17. The zero-order valence-corrected chi connectivity index (χ0v) is 14.2. The van der Waals surface area contributed by atoms with E-state index >= 15 is 0 Å². The summed E-state index contributed by atoms with van der Waals surface area (Å²) in [6.45, 7) is 3.50. The van der Waals surface area contributed by atoms with Crippen LogP contribution in [-0.4, -0.2) is 17.9 Å². The number of rotatable bonds is 7. The molecule has 0 saturated heterocycles. The van der Waals surface area contributed by atoms with Crippen molar-refractivity contribution in [2.75, 3.05) is 10.6 Å². The number of anilines is 2. The Morgan fingerprint density at radius 2 is 1.76 bits per heavy atom. The molecule has 0 aromatic heterocycles. The Bertz CT molecular complexity index is 749. The number of amides is 2. The van der Waals surface area contributed by atoms with E-state index in [9.17, 15) is 14.0 Å². The summed E-state index contributed by atoms with van der Waals surface area (Å²) in [5.41, 5.74) is 1.14. The second-order valence-corrected chi connectivity index (χ2v) is 5.59. The van der Waals surface area contributed by atoms with Gasteiger partial charge in [0.2, 0.25) is 5.91 Å². The summed E-state index contributed by atoms with van der Waals surface area (Å²) in [5, 5.41) is 5.48. The van der Waals surface area contributed by atoms with Crippen LogP contribution < -0.4 is 15.4 Å². The van der Waals surface area contributed by atoms with Crippen LogP contribution in [0.1, 0.15) is 26.7 Å². The van der Waals surface area contributed by atoms with Gasteiger partial charge in [-0.2, -0.15) is 0 Å². The lowest BCUT2D eigenvalue weighted by atomic mass is 10.2. The van der Waals surface area contributed by atoms with E-state index in [2.05, 4.69) is 10.6 Å². The number of hydrogen-bond donors (Lipinski definition) is 2. The molecule has 5 nitrogen and oxygen atoms in total. The van der Waals surface area contributed by atoms with E-state index in [1.165, 1.54) is 18.2 Å². The fraction of sp³-hybridized carbons (Fsp3) is 0.263. The Morgan fingerprint density at radius 1 is 1.08 bits per heavy atom. The molecule has 2 rings (SSSR count). The van der Waals surface area contributed by atoms with Crippen LogP contribution in [-0.2, 0) is 9.59 Å². The molecule has 0 spiro atoms. The number of ether oxygens (including phenoxy) is 1. The molecule has 0 aliphatic heterocycles. The first-order valence-corrected chi connectivity index (χ1v) is 8.11. The van der Waals surface area contributed by atoms with Crippen molar-refractivity contribution in [3.63, 3.8) is 0 Å². The lowest BCUT2D eigenvalue weighted by molar-refractivity contribution is -0.122. The number of carbonyl (C=O) groups is 2. The van der Waals surface area contributed by atoms with E-state index in [0.29, 0.717) is 17.8 Å². The summed E-state index contributed by atoms with van der Waals surface area (Å²) < 4.78 is 18.6. The van der Waals surface area contributed by atoms with Crippen LogP contribution in [0.3, 0.4) is 0 Å². The fourth-order valence-electron chi connectivity index (χ4n) is 2.17. The maximum atomic E-state index is 13.2. The summed E-state index contributed by atoms with van der Waals surface area (Å²) in [6, 6.07) is 12.5. The van der Waals surface area contributed by atoms with Gasteiger partial charge in [-0.25, -0.2) is 4.39 Å². The van der Waals surface area contributed by atoms with E-state index in [1.54, 1.807) is 37.3 Å². The van der Waals surface area contributed by atoms with Crippen LogP contribution in [0.25, 0.3) is 0 Å². The predicted octanol–water partition coefficient (Wildman–Crippen LogP) is 3.97. The predicted molar refractivity (Wildman–Crippen MR) is 95.1 cm³/mol. The third kappa shape index (κ3) is 5.91. The molecule has 6 heteroatoms. The average Bonchev–Trinajstić information content (AvgIpc) is 2.55. The molecule has 0 fully saturated rings. The molecule has 2 amide bonds. The highest BCUT2D eigenvalue weighted by Gasteiger charge is 2.15. The van der Waals surface area contributed by atoms with Crippen molar-refractivity contribution in [1.29, 1.82) is 0 Å². The van der Waals surface area contributed by atoms with Crippen molar-refractivity contribution in [3.8, 4) is 5.75 Å². The smallest absolute Gasteiger partial charge is 0.265 e. The van der Waals surface area contributed by atoms with Gasteiger partial charge in [0.1, 0.15) is 11.6 Å². The Labute approximate surface area is 146 Å². The monoisotopic (exact) mass is 344 g/mol. The standard InChI is InChI=1S/C19H21FN2O3/c1-3-6-18(23)21-15-8-5-9-16(12-15)22-19(24)13(2)25-17-10-4-7-14(20)11-17/h4-5,7-13H,3,6H2,1-2H3,(H,21,23)(H,22,24). The van der Waals surface area contributed by atoms with E-state index in [1.807, 2.05) is 6.92 Å². The molecule has 2 aromatic rings. The van der Waals surface area contributed by atoms with E-state index in [0.717, 1.165) is 6.42 Å². The molecule has 0 heterocycles. The van der Waals surface area contributed by atoms with Gasteiger partial charge in [-0.15, -0.1) is 0 Å². The zero-order valence-electron chi connectivity index (χ0n) is 14.2. The molecule has 25 heavy (non-hydrogen) atoms. The summed E-state index contributed by atoms with van der Waals surface area (Å²) in [4.78, 5) is 23.9. The van der Waals surface area contributed by atoms with Crippen LogP contribution in [0.5, 0.6) is 5.75 Å². The minimum Gasteiger partial charge on any atom is -0.481 e. The van der Waals surface area contributed by atoms with Crippen LogP contribution >= 0.6 is 0 Å². The molecule has 0 saturated carbocycles. The average molecular weight is 344 g/mol. The van der Waals surface area contributed by atoms with Gasteiger partial charge in [-0.05, 0) is 43.7 Å². The lowest BCUT2D eigenvalue weighted by Crippen LogP contribution is -2.30. The highest BCUT2D eigenvalue weighted by atomic mass is 19.1. The van der Waals surface area contributed by atoms with Gasteiger partial charge < -0.3 is 15.4 Å². The first kappa shape index (κ1) is 18.4. The lowest BCUT2D eigenvalue weighted by Gasteiger charge is -2.15. The van der Waals surface area contributed by atoms with Gasteiger partial charge in [-0.1, -0.05) is 19.1 Å². The molecule has 132 valence electrons. The highest BCUT2D eigenvalue weighted by Crippen LogP contribution is 2.17. The summed E-state index contributed by atoms with van der Waals surface area (Å²) >= 11 is 0. The molecular formula is C19H21FN2O3. The normalized spacial score (nSPS) is 11.5. The van der Waals surface area contributed by atoms with Crippen molar-refractivity contribution < 1.29 is 18.7 Å². The summed E-state index contributed by atoms with van der Waals surface area (Å²) in [7, 11) is 0. The first-order chi connectivity index (χ1) is 12.0. The molecule has 0 radical (unpaired) electrons.